The summed E-state index contributed by atoms with van der Waals surface area (Å²) in [7, 11) is 1.70. The van der Waals surface area contributed by atoms with Crippen LogP contribution in [0.1, 0.15) is 52.5 Å². The average molecular weight is 555 g/mol. The summed E-state index contributed by atoms with van der Waals surface area (Å²) < 4.78 is 46.8. The summed E-state index contributed by atoms with van der Waals surface area (Å²) in [6.07, 6.45) is -3.19. The lowest BCUT2D eigenvalue weighted by molar-refractivity contribution is -0.149. The fraction of sp³-hybridized carbons (Fsp3) is 0.407. The molecule has 0 spiro atoms. The van der Waals surface area contributed by atoms with Crippen molar-refractivity contribution in [1.82, 2.24) is 9.47 Å². The monoisotopic (exact) mass is 554 g/mol. The molecule has 2 aromatic carbocycles. The van der Waals surface area contributed by atoms with Crippen molar-refractivity contribution in [2.45, 2.75) is 39.3 Å². The third-order valence-corrected chi connectivity index (χ3v) is 7.76. The molecule has 1 saturated heterocycles. The van der Waals surface area contributed by atoms with Crippen LogP contribution < -0.4 is 0 Å². The van der Waals surface area contributed by atoms with Gasteiger partial charge in [0.15, 0.2) is 0 Å². The summed E-state index contributed by atoms with van der Waals surface area (Å²) >= 11 is 13.2. The number of ether oxygens (including phenoxy) is 1. The minimum atomic E-state index is -4.45. The molecule has 1 aliphatic heterocycles. The van der Waals surface area contributed by atoms with Gasteiger partial charge in [-0.2, -0.15) is 13.2 Å². The van der Waals surface area contributed by atoms with Crippen molar-refractivity contribution in [2.24, 2.45) is 13.0 Å². The fourth-order valence-electron chi connectivity index (χ4n) is 4.85. The summed E-state index contributed by atoms with van der Waals surface area (Å²) in [5, 5.41) is 1.28. The Kier molecular flexibility index (Phi) is 7.81. The molecular formula is C27H27Cl2F3N2O3. The maximum Gasteiger partial charge on any atom is 0.416 e. The quantitative estimate of drug-likeness (QED) is 0.325. The summed E-state index contributed by atoms with van der Waals surface area (Å²) in [5.74, 6) is -0.727. The smallest absolute Gasteiger partial charge is 0.416 e. The fourth-order valence-corrected chi connectivity index (χ4v) is 5.44. The molecule has 3 aromatic rings. The lowest BCUT2D eigenvalue weighted by Crippen LogP contribution is -2.40. The Morgan fingerprint density at radius 3 is 2.41 bits per heavy atom. The number of piperidine rings is 1. The maximum atomic E-state index is 13.4. The number of fused-ring (bicyclic) bond motifs is 1. The topological polar surface area (TPSA) is 51.5 Å². The second-order valence-corrected chi connectivity index (χ2v) is 10.1. The van der Waals surface area contributed by atoms with E-state index >= 15 is 0 Å². The third kappa shape index (κ3) is 5.46. The van der Waals surface area contributed by atoms with E-state index in [-0.39, 0.29) is 29.2 Å². The van der Waals surface area contributed by atoms with Gasteiger partial charge in [0.05, 0.1) is 28.7 Å². The van der Waals surface area contributed by atoms with E-state index in [1.54, 1.807) is 42.5 Å². The standard InChI is InChI=1S/C27H27Cl2F3N2O3/c1-4-37-26(36)16-7-9-34(10-8-16)25(35)19-5-6-22(28)21(24(19)29)14-18-13-20-15(2)11-17(27(30,31)32)12-23(20)33(18)3/h5-6,11-13,16H,4,7-10,14H2,1-3H3. The van der Waals surface area contributed by atoms with Crippen LogP contribution in [0, 0.1) is 12.8 Å². The van der Waals surface area contributed by atoms with Crippen molar-refractivity contribution in [3.8, 4) is 0 Å². The molecule has 0 aliphatic carbocycles. The van der Waals surface area contributed by atoms with Crippen LogP contribution in [-0.2, 0) is 29.2 Å². The van der Waals surface area contributed by atoms with E-state index in [0.717, 1.165) is 12.1 Å². The van der Waals surface area contributed by atoms with E-state index in [1.807, 2.05) is 6.07 Å². The number of amides is 1. The second kappa shape index (κ2) is 10.6. The highest BCUT2D eigenvalue weighted by Crippen LogP contribution is 2.36. The Morgan fingerprint density at radius 1 is 1.11 bits per heavy atom. The highest BCUT2D eigenvalue weighted by molar-refractivity contribution is 6.38. The van der Waals surface area contributed by atoms with Gasteiger partial charge >= 0.3 is 12.1 Å². The van der Waals surface area contributed by atoms with Crippen LogP contribution >= 0.6 is 23.2 Å². The number of aromatic nitrogens is 1. The van der Waals surface area contributed by atoms with Crippen molar-refractivity contribution >= 4 is 46.0 Å². The first kappa shape index (κ1) is 27.3. The number of rotatable bonds is 5. The largest absolute Gasteiger partial charge is 0.466 e. The van der Waals surface area contributed by atoms with Crippen LogP contribution in [0.3, 0.4) is 0 Å². The Hall–Kier alpha value is -2.71. The van der Waals surface area contributed by atoms with Gasteiger partial charge in [0.25, 0.3) is 5.91 Å². The number of alkyl halides is 3. The van der Waals surface area contributed by atoms with E-state index in [4.69, 9.17) is 27.9 Å². The number of benzene rings is 2. The molecule has 10 heteroatoms. The van der Waals surface area contributed by atoms with Gasteiger partial charge in [-0.25, -0.2) is 0 Å². The summed E-state index contributed by atoms with van der Waals surface area (Å²) in [6.45, 7) is 4.53. The van der Waals surface area contributed by atoms with Crippen LogP contribution in [-0.4, -0.2) is 41.0 Å². The van der Waals surface area contributed by atoms with Crippen molar-refractivity contribution in [2.75, 3.05) is 19.7 Å². The first-order chi connectivity index (χ1) is 17.4. The molecule has 4 rings (SSSR count). The Labute approximate surface area is 223 Å². The molecule has 198 valence electrons. The van der Waals surface area contributed by atoms with Gasteiger partial charge in [-0.05, 0) is 68.1 Å². The molecule has 0 bridgehead atoms. The van der Waals surface area contributed by atoms with E-state index in [9.17, 15) is 22.8 Å². The normalized spacial score (nSPS) is 14.9. The zero-order chi connectivity index (χ0) is 27.1. The van der Waals surface area contributed by atoms with Gasteiger partial charge in [0, 0.05) is 48.2 Å². The van der Waals surface area contributed by atoms with Crippen LogP contribution in [0.25, 0.3) is 10.9 Å². The highest BCUT2D eigenvalue weighted by Gasteiger charge is 2.32. The number of likely N-dealkylation sites (tertiary alicyclic amines) is 1. The van der Waals surface area contributed by atoms with E-state index < -0.39 is 11.7 Å². The second-order valence-electron chi connectivity index (χ2n) is 9.30. The Bertz CT molecular complexity index is 1360. The zero-order valence-electron chi connectivity index (χ0n) is 20.7. The number of hydrogen-bond donors (Lipinski definition) is 0. The van der Waals surface area contributed by atoms with E-state index in [2.05, 4.69) is 0 Å². The Balaban J connectivity index is 1.60. The number of esters is 1. The third-order valence-electron chi connectivity index (χ3n) is 6.97. The summed E-state index contributed by atoms with van der Waals surface area (Å²) in [6, 6.07) is 7.28. The molecule has 1 fully saturated rings. The Morgan fingerprint density at radius 2 is 1.78 bits per heavy atom. The van der Waals surface area contributed by atoms with Crippen LogP contribution in [0.5, 0.6) is 0 Å². The van der Waals surface area contributed by atoms with E-state index in [1.165, 1.54) is 0 Å². The molecule has 1 aliphatic rings. The molecule has 0 unspecified atom stereocenters. The van der Waals surface area contributed by atoms with Gasteiger partial charge in [0.2, 0.25) is 0 Å². The predicted molar refractivity (Wildman–Crippen MR) is 137 cm³/mol. The zero-order valence-corrected chi connectivity index (χ0v) is 22.2. The van der Waals surface area contributed by atoms with Crippen molar-refractivity contribution in [3.05, 3.63) is 68.3 Å². The molecular weight excluding hydrogens is 528 g/mol. The SMILES string of the molecule is CCOC(=O)C1CCN(C(=O)c2ccc(Cl)c(Cc3cc4c(C)cc(C(F)(F)F)cc4n3C)c2Cl)CC1. The molecule has 37 heavy (non-hydrogen) atoms. The van der Waals surface area contributed by atoms with Crippen molar-refractivity contribution in [1.29, 1.82) is 0 Å². The molecule has 0 radical (unpaired) electrons. The molecule has 2 heterocycles. The summed E-state index contributed by atoms with van der Waals surface area (Å²) in [4.78, 5) is 27.0. The molecule has 0 N–H and O–H groups in total. The summed E-state index contributed by atoms with van der Waals surface area (Å²) in [5.41, 5.74) is 1.78. The highest BCUT2D eigenvalue weighted by atomic mass is 35.5. The van der Waals surface area contributed by atoms with Gasteiger partial charge < -0.3 is 14.2 Å². The maximum absolute atomic E-state index is 13.4. The molecule has 1 aromatic heterocycles. The van der Waals surface area contributed by atoms with Crippen LogP contribution in [0.2, 0.25) is 10.0 Å². The molecule has 0 saturated carbocycles. The van der Waals surface area contributed by atoms with Crippen molar-refractivity contribution in [3.63, 3.8) is 0 Å². The average Bonchev–Trinajstić information content (AvgIpc) is 3.17. The lowest BCUT2D eigenvalue weighted by Gasteiger charge is -2.31. The van der Waals surface area contributed by atoms with Gasteiger partial charge in [-0.1, -0.05) is 23.2 Å². The van der Waals surface area contributed by atoms with E-state index in [0.29, 0.717) is 70.8 Å². The number of hydrogen-bond acceptors (Lipinski definition) is 3. The first-order valence-electron chi connectivity index (χ1n) is 12.0. The van der Waals surface area contributed by atoms with Crippen LogP contribution in [0.4, 0.5) is 13.2 Å². The van der Waals surface area contributed by atoms with Gasteiger partial charge in [0.1, 0.15) is 0 Å². The minimum Gasteiger partial charge on any atom is -0.466 e. The minimum absolute atomic E-state index is 0.211. The molecule has 1 amide bonds. The molecule has 5 nitrogen and oxygen atoms in total. The number of halogens is 5. The van der Waals surface area contributed by atoms with Crippen LogP contribution in [0.15, 0.2) is 30.3 Å². The van der Waals surface area contributed by atoms with Gasteiger partial charge in [-0.15, -0.1) is 0 Å². The van der Waals surface area contributed by atoms with Crippen molar-refractivity contribution < 1.29 is 27.5 Å². The number of carbonyl (C=O) groups is 2. The molecule has 0 atom stereocenters. The predicted octanol–water partition coefficient (Wildman–Crippen LogP) is 6.82. The lowest BCUT2D eigenvalue weighted by atomic mass is 9.96. The van der Waals surface area contributed by atoms with Gasteiger partial charge in [-0.3, -0.25) is 9.59 Å². The number of aryl methyl sites for hydroxylation is 2. The number of nitrogens with zero attached hydrogens (tertiary/aromatic N) is 2. The number of carbonyl (C=O) groups excluding carboxylic acids is 2. The first-order valence-corrected chi connectivity index (χ1v) is 12.8.